The SMILES string of the molecule is CC(=O)c1c(C)c2cnc(CCc3ccc(OCCN4CCN(C5CCI(c6ccc(C7CCC(=O)NC7=O)cc6)CC5)CC4)cn3)nc2n(C2CCCC2)c1=O. The first-order valence-corrected chi connectivity index (χ1v) is 24.9. The van der Waals surface area contributed by atoms with Gasteiger partial charge in [0.1, 0.15) is 11.5 Å². The number of nitrogens with zero attached hydrogens (tertiary/aromatic N) is 6. The molecule has 1 aliphatic carbocycles. The van der Waals surface area contributed by atoms with Crippen molar-refractivity contribution in [2.75, 3.05) is 48.2 Å². The second kappa shape index (κ2) is 17.8. The smallest absolute Gasteiger partial charge is 0.289 e. The molecule has 1 unspecified atom stereocenters. The molecule has 1 atom stereocenters. The van der Waals surface area contributed by atoms with Gasteiger partial charge in [0.05, 0.1) is 5.56 Å². The van der Waals surface area contributed by atoms with Crippen LogP contribution in [0.4, 0.5) is 0 Å². The quantitative estimate of drug-likeness (QED) is 0.0822. The first-order valence-electron chi connectivity index (χ1n) is 20.7. The molecule has 0 radical (unpaired) electrons. The van der Waals surface area contributed by atoms with Gasteiger partial charge < -0.3 is 0 Å². The molecule has 1 N–H and O–H groups in total. The van der Waals surface area contributed by atoms with E-state index in [0.29, 0.717) is 55.4 Å². The monoisotopic (exact) mass is 887 g/mol. The topological polar surface area (TPSA) is 140 Å². The minimum atomic E-state index is -1.21. The van der Waals surface area contributed by atoms with Crippen LogP contribution in [-0.2, 0) is 22.4 Å². The van der Waals surface area contributed by atoms with Crippen LogP contribution < -0.4 is 15.6 Å². The average molecular weight is 888 g/mol. The number of halogens is 1. The molecule has 3 aromatic heterocycles. The fourth-order valence-corrected chi connectivity index (χ4v) is 15.3. The maximum absolute atomic E-state index is 13.5. The van der Waals surface area contributed by atoms with Crippen molar-refractivity contribution in [2.45, 2.75) is 96.1 Å². The number of aromatic nitrogens is 4. The summed E-state index contributed by atoms with van der Waals surface area (Å²) in [6.07, 6.45) is 12.4. The third kappa shape index (κ3) is 9.00. The summed E-state index contributed by atoms with van der Waals surface area (Å²) < 4.78 is 12.1. The van der Waals surface area contributed by atoms with Gasteiger partial charge in [-0.1, -0.05) is 12.8 Å². The summed E-state index contributed by atoms with van der Waals surface area (Å²) in [5, 5.41) is 3.26. The normalized spacial score (nSPS) is 20.9. The number of carbonyl (C=O) groups excluding carboxylic acids is 3. The van der Waals surface area contributed by atoms with Gasteiger partial charge in [-0.25, -0.2) is 9.97 Å². The molecule has 57 heavy (non-hydrogen) atoms. The maximum atomic E-state index is 13.5. The van der Waals surface area contributed by atoms with Gasteiger partial charge in [-0.15, -0.1) is 0 Å². The number of hydrogen-bond donors (Lipinski definition) is 1. The van der Waals surface area contributed by atoms with Gasteiger partial charge in [-0.3, -0.25) is 19.1 Å². The minimum Gasteiger partial charge on any atom is -0.289 e. The molecule has 12 nitrogen and oxygen atoms in total. The number of Topliss-reactive ketones (excluding diaryl/α,β-unsaturated/α-hetero) is 1. The molecule has 1 saturated carbocycles. The molecule has 1 aromatic carbocycles. The van der Waals surface area contributed by atoms with Crippen molar-refractivity contribution >= 4 is 48.5 Å². The molecule has 0 bridgehead atoms. The number of hydrogen-bond acceptors (Lipinski definition) is 10. The average Bonchev–Trinajstić information content (AvgIpc) is 3.76. The third-order valence-corrected chi connectivity index (χ3v) is 18.8. The van der Waals surface area contributed by atoms with Crippen molar-refractivity contribution in [3.63, 3.8) is 0 Å². The van der Waals surface area contributed by atoms with Gasteiger partial charge in [0.15, 0.2) is 5.78 Å². The molecule has 3 saturated heterocycles. The predicted octanol–water partition coefficient (Wildman–Crippen LogP) is 5.65. The van der Waals surface area contributed by atoms with Gasteiger partial charge in [-0.2, -0.15) is 0 Å². The molecule has 0 spiro atoms. The molecule has 4 aliphatic rings. The second-order valence-corrected chi connectivity index (χ2v) is 22.0. The molecule has 13 heteroatoms. The zero-order valence-electron chi connectivity index (χ0n) is 33.2. The number of benzene rings is 1. The Balaban J connectivity index is 0.763. The molecular weight excluding hydrogens is 833 g/mol. The summed E-state index contributed by atoms with van der Waals surface area (Å²) >= 11 is -1.21. The summed E-state index contributed by atoms with van der Waals surface area (Å²) in [7, 11) is 0. The molecule has 8 rings (SSSR count). The van der Waals surface area contributed by atoms with Crippen LogP contribution in [0.1, 0.15) is 103 Å². The van der Waals surface area contributed by atoms with Crippen molar-refractivity contribution in [1.29, 1.82) is 0 Å². The van der Waals surface area contributed by atoms with Crippen molar-refractivity contribution in [3.8, 4) is 5.75 Å². The van der Waals surface area contributed by atoms with Crippen LogP contribution in [0.15, 0.2) is 53.6 Å². The zero-order valence-corrected chi connectivity index (χ0v) is 35.3. The van der Waals surface area contributed by atoms with Gasteiger partial charge in [0.25, 0.3) is 5.56 Å². The van der Waals surface area contributed by atoms with Crippen LogP contribution in [-0.4, -0.2) is 101 Å². The van der Waals surface area contributed by atoms with Gasteiger partial charge in [-0.05, 0) is 44.7 Å². The first-order chi connectivity index (χ1) is 27.7. The van der Waals surface area contributed by atoms with Crippen LogP contribution >= 0.6 is 19.8 Å². The van der Waals surface area contributed by atoms with E-state index in [9.17, 15) is 19.2 Å². The van der Waals surface area contributed by atoms with Gasteiger partial charge in [0, 0.05) is 29.7 Å². The number of pyridine rings is 2. The summed E-state index contributed by atoms with van der Waals surface area (Å²) in [4.78, 5) is 69.2. The van der Waals surface area contributed by atoms with Gasteiger partial charge in [0.2, 0.25) is 0 Å². The molecule has 4 aromatic rings. The standard InChI is InChI=1S/C44H54IN7O5/c1-29-38-28-47-39(48-42(38)52(35-5-3-4-6-35)44(56)41(29)30(2)53)15-12-33-11-13-36(27-46-33)57-26-25-50-21-23-51(24-22-50)34-17-19-45(20-18-34)32-9-7-31(8-10-32)37-14-16-40(54)49-43(37)55/h7-11,13,27-28,34-35,37H,3-6,12,14-26H2,1-2H3,(H,49,54,55). The Morgan fingerprint density at radius 2 is 1.63 bits per heavy atom. The summed E-state index contributed by atoms with van der Waals surface area (Å²) in [6, 6.07) is 13.5. The van der Waals surface area contributed by atoms with E-state index in [1.807, 2.05) is 19.1 Å². The Morgan fingerprint density at radius 1 is 0.877 bits per heavy atom. The van der Waals surface area contributed by atoms with E-state index in [0.717, 1.165) is 80.8 Å². The second-order valence-electron chi connectivity index (χ2n) is 16.0. The van der Waals surface area contributed by atoms with E-state index >= 15 is 0 Å². The van der Waals surface area contributed by atoms with Crippen LogP contribution in [0, 0.1) is 10.5 Å². The summed E-state index contributed by atoms with van der Waals surface area (Å²) in [5.41, 5.74) is 3.28. The van der Waals surface area contributed by atoms with Crippen molar-refractivity contribution in [1.82, 2.24) is 34.6 Å². The van der Waals surface area contributed by atoms with Crippen molar-refractivity contribution in [3.05, 3.63) is 90.9 Å². The van der Waals surface area contributed by atoms with Crippen LogP contribution in [0.2, 0.25) is 0 Å². The number of piperidine rings is 1. The first kappa shape index (κ1) is 39.7. The number of piperazine rings is 1. The number of carbonyl (C=O) groups is 3. The predicted molar refractivity (Wildman–Crippen MR) is 228 cm³/mol. The Bertz CT molecular complexity index is 2150. The minimum absolute atomic E-state index is 0.0612. The van der Waals surface area contributed by atoms with Crippen LogP contribution in [0.5, 0.6) is 5.75 Å². The number of ether oxygens (including phenoxy) is 1. The van der Waals surface area contributed by atoms with E-state index in [1.54, 1.807) is 17.0 Å². The number of rotatable bonds is 12. The Labute approximate surface area is 341 Å². The molecule has 2 amide bonds. The molecule has 3 aliphatic heterocycles. The van der Waals surface area contributed by atoms with Crippen LogP contribution in [0.25, 0.3) is 11.0 Å². The van der Waals surface area contributed by atoms with E-state index in [1.165, 1.54) is 32.2 Å². The fourth-order valence-electron chi connectivity index (χ4n) is 9.16. The number of aryl methyl sites for hydroxylation is 3. The molecule has 302 valence electrons. The number of imide groups is 1. The Morgan fingerprint density at radius 3 is 2.32 bits per heavy atom. The summed E-state index contributed by atoms with van der Waals surface area (Å²) in [5.74, 6) is 0.690. The number of amides is 2. The third-order valence-electron chi connectivity index (χ3n) is 12.5. The van der Waals surface area contributed by atoms with E-state index in [2.05, 4.69) is 49.4 Å². The Kier molecular flexibility index (Phi) is 12.4. The number of nitrogens with one attached hydrogen (secondary N) is 1. The van der Waals surface area contributed by atoms with Crippen molar-refractivity contribution in [2.24, 2.45) is 0 Å². The fraction of sp³-hybridized carbons (Fsp3) is 0.523. The van der Waals surface area contributed by atoms with E-state index in [4.69, 9.17) is 9.72 Å². The van der Waals surface area contributed by atoms with E-state index < -0.39 is 19.8 Å². The molecule has 6 heterocycles. The number of alkyl halides is 2. The number of ketones is 1. The van der Waals surface area contributed by atoms with Crippen LogP contribution in [0.3, 0.4) is 0 Å². The number of fused-ring (bicyclic) bond motifs is 1. The van der Waals surface area contributed by atoms with E-state index in [-0.39, 0.29) is 40.7 Å². The van der Waals surface area contributed by atoms with Crippen molar-refractivity contribution < 1.29 is 19.1 Å². The zero-order chi connectivity index (χ0) is 39.5. The van der Waals surface area contributed by atoms with Gasteiger partial charge >= 0.3 is 198 Å². The molecule has 4 fully saturated rings. The molecular formula is C44H54IN7O5. The Hall–Kier alpha value is -4.08. The summed E-state index contributed by atoms with van der Waals surface area (Å²) in [6.45, 7) is 9.13.